The van der Waals surface area contributed by atoms with Crippen molar-refractivity contribution in [1.29, 1.82) is 0 Å². The molecule has 0 bridgehead atoms. The van der Waals surface area contributed by atoms with Gasteiger partial charge in [-0.15, -0.1) is 11.8 Å². The van der Waals surface area contributed by atoms with Gasteiger partial charge in [0.25, 0.3) is 0 Å². The lowest BCUT2D eigenvalue weighted by atomic mass is 10.1. The number of hydrogen-bond donors (Lipinski definition) is 2. The summed E-state index contributed by atoms with van der Waals surface area (Å²) in [4.78, 5) is 13.1. The van der Waals surface area contributed by atoms with Gasteiger partial charge in [0.1, 0.15) is 5.75 Å². The number of aromatic hydroxyl groups is 1. The number of hydrogen-bond acceptors (Lipinski definition) is 3. The van der Waals surface area contributed by atoms with Crippen LogP contribution in [-0.4, -0.2) is 22.3 Å². The third-order valence-corrected chi connectivity index (χ3v) is 4.71. The van der Waals surface area contributed by atoms with Crippen molar-refractivity contribution >= 4 is 28.4 Å². The highest BCUT2D eigenvalue weighted by atomic mass is 32.2. The van der Waals surface area contributed by atoms with Crippen molar-refractivity contribution < 1.29 is 9.90 Å². The Morgan fingerprint density at radius 2 is 1.86 bits per heavy atom. The van der Waals surface area contributed by atoms with E-state index in [4.69, 9.17) is 0 Å². The number of nitrogens with one attached hydrogen (secondary N) is 1. The zero-order chi connectivity index (χ0) is 15.4. The molecule has 1 amide bonds. The van der Waals surface area contributed by atoms with Crippen LogP contribution in [0.4, 0.5) is 0 Å². The summed E-state index contributed by atoms with van der Waals surface area (Å²) in [5.74, 6) is 0.318. The minimum atomic E-state index is -0.174. The van der Waals surface area contributed by atoms with Crippen LogP contribution < -0.4 is 5.32 Å². The normalized spacial score (nSPS) is 13.9. The molecule has 0 heterocycles. The first-order chi connectivity index (χ1) is 10.0. The Kier molecular flexibility index (Phi) is 5.12. The average molecular weight is 303 g/mol. The molecule has 0 aliphatic heterocycles. The zero-order valence-corrected chi connectivity index (χ0v) is 13.4. The van der Waals surface area contributed by atoms with E-state index >= 15 is 0 Å². The smallest absolute Gasteiger partial charge is 0.233 e. The lowest BCUT2D eigenvalue weighted by Crippen LogP contribution is -2.37. The van der Waals surface area contributed by atoms with Gasteiger partial charge in [0.2, 0.25) is 5.91 Å². The fourth-order valence-corrected chi connectivity index (χ4v) is 3.07. The number of phenolic OH excluding ortho intramolecular Hbond substituents is 1. The molecule has 4 heteroatoms. The first-order valence-electron chi connectivity index (χ1n) is 7.20. The molecule has 0 aliphatic rings. The van der Waals surface area contributed by atoms with Crippen LogP contribution in [-0.2, 0) is 4.79 Å². The predicted octanol–water partition coefficient (Wildman–Crippen LogP) is 3.94. The number of rotatable bonds is 5. The van der Waals surface area contributed by atoms with Gasteiger partial charge in [-0.3, -0.25) is 4.79 Å². The number of amides is 1. The molecule has 2 aromatic carbocycles. The third kappa shape index (κ3) is 3.70. The largest absolute Gasteiger partial charge is 0.507 e. The van der Waals surface area contributed by atoms with Crippen molar-refractivity contribution in [3.05, 3.63) is 36.4 Å². The Labute approximate surface area is 129 Å². The highest BCUT2D eigenvalue weighted by molar-refractivity contribution is 8.00. The Morgan fingerprint density at radius 3 is 2.52 bits per heavy atom. The van der Waals surface area contributed by atoms with Crippen molar-refractivity contribution in [1.82, 2.24) is 5.32 Å². The van der Waals surface area contributed by atoms with Gasteiger partial charge in [0.05, 0.1) is 5.25 Å². The number of carbonyl (C=O) groups excluding carboxylic acids is 1. The van der Waals surface area contributed by atoms with Crippen LogP contribution >= 0.6 is 11.8 Å². The van der Waals surface area contributed by atoms with Gasteiger partial charge in [-0.25, -0.2) is 0 Å². The van der Waals surface area contributed by atoms with E-state index in [2.05, 4.69) is 12.2 Å². The maximum absolute atomic E-state index is 12.1. The molecule has 2 N–H and O–H groups in total. The summed E-state index contributed by atoms with van der Waals surface area (Å²) < 4.78 is 0. The lowest BCUT2D eigenvalue weighted by molar-refractivity contribution is -0.120. The van der Waals surface area contributed by atoms with Crippen molar-refractivity contribution in [3.63, 3.8) is 0 Å². The summed E-state index contributed by atoms with van der Waals surface area (Å²) in [5.41, 5.74) is 0. The number of thioether (sulfide) groups is 1. The molecule has 2 aromatic rings. The fourth-order valence-electron chi connectivity index (χ4n) is 2.06. The highest BCUT2D eigenvalue weighted by Gasteiger charge is 2.17. The molecule has 2 rings (SSSR count). The summed E-state index contributed by atoms with van der Waals surface area (Å²) >= 11 is 1.52. The van der Waals surface area contributed by atoms with Gasteiger partial charge in [-0.1, -0.05) is 31.2 Å². The Hall–Kier alpha value is -1.68. The molecule has 2 atom stereocenters. The minimum Gasteiger partial charge on any atom is -0.507 e. The van der Waals surface area contributed by atoms with Crippen LogP contribution in [0.1, 0.15) is 27.2 Å². The Bertz CT molecular complexity index is 642. The first-order valence-corrected chi connectivity index (χ1v) is 8.08. The molecule has 21 heavy (non-hydrogen) atoms. The van der Waals surface area contributed by atoms with Gasteiger partial charge in [-0.05, 0) is 37.8 Å². The number of carbonyl (C=O) groups is 1. The van der Waals surface area contributed by atoms with Crippen LogP contribution in [0.2, 0.25) is 0 Å². The van der Waals surface area contributed by atoms with Gasteiger partial charge in [0.15, 0.2) is 0 Å². The van der Waals surface area contributed by atoms with Gasteiger partial charge >= 0.3 is 0 Å². The second kappa shape index (κ2) is 6.85. The van der Waals surface area contributed by atoms with Crippen LogP contribution in [0.5, 0.6) is 5.75 Å². The number of phenols is 1. The van der Waals surface area contributed by atoms with Crippen molar-refractivity contribution in [3.8, 4) is 5.75 Å². The van der Waals surface area contributed by atoms with E-state index in [9.17, 15) is 9.90 Å². The number of fused-ring (bicyclic) bond motifs is 1. The standard InChI is InChI=1S/C17H21NO2S/c1-4-11(2)18-17(20)12(3)21-16-10-9-15(19)13-7-5-6-8-14(13)16/h5-12,19H,4H2,1-3H3,(H,18,20). The van der Waals surface area contributed by atoms with Gasteiger partial charge in [0, 0.05) is 16.3 Å². The zero-order valence-electron chi connectivity index (χ0n) is 12.6. The Morgan fingerprint density at radius 1 is 1.19 bits per heavy atom. The summed E-state index contributed by atoms with van der Waals surface area (Å²) in [6.07, 6.45) is 0.922. The van der Waals surface area contributed by atoms with Crippen LogP contribution in [0.25, 0.3) is 10.8 Å². The maximum atomic E-state index is 12.1. The van der Waals surface area contributed by atoms with E-state index in [0.29, 0.717) is 0 Å². The summed E-state index contributed by atoms with van der Waals surface area (Å²) in [5, 5.41) is 14.5. The fraction of sp³-hybridized carbons (Fsp3) is 0.353. The van der Waals surface area contributed by atoms with Crippen molar-refractivity contribution in [2.24, 2.45) is 0 Å². The monoisotopic (exact) mass is 303 g/mol. The molecule has 0 aliphatic carbocycles. The minimum absolute atomic E-state index is 0.0477. The summed E-state index contributed by atoms with van der Waals surface area (Å²) in [6, 6.07) is 11.4. The molecular formula is C17H21NO2S. The lowest BCUT2D eigenvalue weighted by Gasteiger charge is -2.17. The number of benzene rings is 2. The average Bonchev–Trinajstić information content (AvgIpc) is 2.50. The van der Waals surface area contributed by atoms with Gasteiger partial charge in [-0.2, -0.15) is 0 Å². The topological polar surface area (TPSA) is 49.3 Å². The molecule has 3 nitrogen and oxygen atoms in total. The molecule has 0 saturated heterocycles. The van der Waals surface area contributed by atoms with E-state index in [1.165, 1.54) is 11.8 Å². The summed E-state index contributed by atoms with van der Waals surface area (Å²) in [7, 11) is 0. The predicted molar refractivity (Wildman–Crippen MR) is 88.8 cm³/mol. The van der Waals surface area contributed by atoms with E-state index in [0.717, 1.165) is 22.1 Å². The Balaban J connectivity index is 2.20. The summed E-state index contributed by atoms with van der Waals surface area (Å²) in [6.45, 7) is 5.96. The second-order valence-electron chi connectivity index (χ2n) is 5.21. The van der Waals surface area contributed by atoms with Crippen LogP contribution in [0.3, 0.4) is 0 Å². The van der Waals surface area contributed by atoms with E-state index in [-0.39, 0.29) is 22.9 Å². The maximum Gasteiger partial charge on any atom is 0.233 e. The van der Waals surface area contributed by atoms with Crippen molar-refractivity contribution in [2.75, 3.05) is 0 Å². The van der Waals surface area contributed by atoms with E-state index in [1.807, 2.05) is 44.2 Å². The molecule has 0 saturated carbocycles. The van der Waals surface area contributed by atoms with E-state index in [1.54, 1.807) is 6.07 Å². The van der Waals surface area contributed by atoms with Crippen molar-refractivity contribution in [2.45, 2.75) is 43.4 Å². The van der Waals surface area contributed by atoms with Crippen LogP contribution in [0, 0.1) is 0 Å². The molecule has 0 fully saturated rings. The highest BCUT2D eigenvalue weighted by Crippen LogP contribution is 2.35. The second-order valence-corrected chi connectivity index (χ2v) is 6.59. The quantitative estimate of drug-likeness (QED) is 0.823. The molecule has 2 unspecified atom stereocenters. The molecule has 0 spiro atoms. The first kappa shape index (κ1) is 15.7. The third-order valence-electron chi connectivity index (χ3n) is 3.54. The molecule has 112 valence electrons. The molecular weight excluding hydrogens is 282 g/mol. The molecule has 0 radical (unpaired) electrons. The van der Waals surface area contributed by atoms with E-state index < -0.39 is 0 Å². The SMILES string of the molecule is CCC(C)NC(=O)C(C)Sc1ccc(O)c2ccccc12. The van der Waals surface area contributed by atoms with Gasteiger partial charge < -0.3 is 10.4 Å². The van der Waals surface area contributed by atoms with Crippen LogP contribution in [0.15, 0.2) is 41.3 Å². The molecule has 0 aromatic heterocycles.